The highest BCUT2D eigenvalue weighted by atomic mass is 35.5. The van der Waals surface area contributed by atoms with Crippen molar-refractivity contribution in [3.63, 3.8) is 0 Å². The fraction of sp³-hybridized carbons (Fsp3) is 0. The molecule has 2 aromatic carbocycles. The van der Waals surface area contributed by atoms with Crippen molar-refractivity contribution >= 4 is 46.4 Å². The Morgan fingerprint density at radius 2 is 1.80 bits per heavy atom. The standard InChI is InChI=1S/C15H9Cl2NOS/c16-10-6-5-8(7-11(10)17)13(18)15-14(19)9-3-1-2-4-12(9)20-15/h1-7H,18H2/b15-13+. The average molecular weight is 322 g/mol. The third kappa shape index (κ3) is 2.22. The van der Waals surface area contributed by atoms with Gasteiger partial charge in [0, 0.05) is 16.0 Å². The third-order valence-corrected chi connectivity index (χ3v) is 4.95. The fourth-order valence-electron chi connectivity index (χ4n) is 1.99. The molecule has 0 fully saturated rings. The number of rotatable bonds is 1. The summed E-state index contributed by atoms with van der Waals surface area (Å²) < 4.78 is 0. The monoisotopic (exact) mass is 321 g/mol. The van der Waals surface area contributed by atoms with E-state index in [1.165, 1.54) is 11.8 Å². The highest BCUT2D eigenvalue weighted by Gasteiger charge is 2.28. The number of halogens is 2. The second-order valence-electron chi connectivity index (χ2n) is 4.30. The second-order valence-corrected chi connectivity index (χ2v) is 6.17. The molecular formula is C15H9Cl2NOS. The molecule has 0 bridgehead atoms. The molecule has 0 radical (unpaired) electrons. The predicted molar refractivity (Wildman–Crippen MR) is 84.2 cm³/mol. The summed E-state index contributed by atoms with van der Waals surface area (Å²) in [6, 6.07) is 12.6. The molecular weight excluding hydrogens is 313 g/mol. The summed E-state index contributed by atoms with van der Waals surface area (Å²) in [6.45, 7) is 0. The maximum atomic E-state index is 12.3. The molecule has 2 nitrogen and oxygen atoms in total. The summed E-state index contributed by atoms with van der Waals surface area (Å²) in [5.41, 5.74) is 7.94. The average Bonchev–Trinajstić information content (AvgIpc) is 2.79. The van der Waals surface area contributed by atoms with Gasteiger partial charge in [-0.25, -0.2) is 0 Å². The zero-order valence-corrected chi connectivity index (χ0v) is 12.5. The van der Waals surface area contributed by atoms with E-state index >= 15 is 0 Å². The quantitative estimate of drug-likeness (QED) is 0.780. The zero-order chi connectivity index (χ0) is 14.3. The Bertz CT molecular complexity index is 755. The number of Topliss-reactive ketones (excluding diaryl/α,β-unsaturated/α-hetero) is 1. The van der Waals surface area contributed by atoms with E-state index in [0.29, 0.717) is 31.8 Å². The molecule has 3 rings (SSSR count). The minimum atomic E-state index is -0.0471. The van der Waals surface area contributed by atoms with Gasteiger partial charge in [0.05, 0.1) is 20.6 Å². The van der Waals surface area contributed by atoms with Crippen LogP contribution in [0.2, 0.25) is 10.0 Å². The first kappa shape index (κ1) is 13.6. The van der Waals surface area contributed by atoms with Gasteiger partial charge in [0.1, 0.15) is 0 Å². The number of hydrogen-bond acceptors (Lipinski definition) is 3. The number of nitrogens with two attached hydrogens (primary N) is 1. The predicted octanol–water partition coefficient (Wildman–Crippen LogP) is 4.61. The van der Waals surface area contributed by atoms with Gasteiger partial charge < -0.3 is 5.73 Å². The Morgan fingerprint density at radius 3 is 2.50 bits per heavy atom. The third-order valence-electron chi connectivity index (χ3n) is 3.03. The summed E-state index contributed by atoms with van der Waals surface area (Å²) in [7, 11) is 0. The van der Waals surface area contributed by atoms with Crippen molar-refractivity contribution in [3.05, 3.63) is 68.5 Å². The van der Waals surface area contributed by atoms with Gasteiger partial charge in [-0.2, -0.15) is 0 Å². The van der Waals surface area contributed by atoms with E-state index in [9.17, 15) is 4.79 Å². The minimum Gasteiger partial charge on any atom is -0.397 e. The Morgan fingerprint density at radius 1 is 1.05 bits per heavy atom. The van der Waals surface area contributed by atoms with Crippen LogP contribution in [0.25, 0.3) is 5.70 Å². The highest BCUT2D eigenvalue weighted by Crippen LogP contribution is 2.42. The molecule has 0 atom stereocenters. The number of fused-ring (bicyclic) bond motifs is 1. The van der Waals surface area contributed by atoms with E-state index in [4.69, 9.17) is 28.9 Å². The lowest BCUT2D eigenvalue weighted by Crippen LogP contribution is -2.04. The highest BCUT2D eigenvalue weighted by molar-refractivity contribution is 8.05. The molecule has 0 aliphatic carbocycles. The van der Waals surface area contributed by atoms with Crippen LogP contribution in [-0.4, -0.2) is 5.78 Å². The normalized spacial score (nSPS) is 16.2. The van der Waals surface area contributed by atoms with E-state index in [-0.39, 0.29) is 5.78 Å². The van der Waals surface area contributed by atoms with Crippen LogP contribution in [0.5, 0.6) is 0 Å². The minimum absolute atomic E-state index is 0.0471. The lowest BCUT2D eigenvalue weighted by molar-refractivity contribution is 0.104. The molecule has 0 aromatic heterocycles. The molecule has 1 aliphatic heterocycles. The second kappa shape index (κ2) is 5.17. The fourth-order valence-corrected chi connectivity index (χ4v) is 3.36. The van der Waals surface area contributed by atoms with Gasteiger partial charge in [-0.15, -0.1) is 0 Å². The van der Waals surface area contributed by atoms with Crippen LogP contribution in [0.15, 0.2) is 52.3 Å². The Kier molecular flexibility index (Phi) is 3.50. The Hall–Kier alpha value is -1.42. The molecule has 0 amide bonds. The Balaban J connectivity index is 2.08. The van der Waals surface area contributed by atoms with Crippen molar-refractivity contribution in [1.29, 1.82) is 0 Å². The summed E-state index contributed by atoms with van der Waals surface area (Å²) in [6.07, 6.45) is 0. The molecule has 100 valence electrons. The molecule has 5 heteroatoms. The summed E-state index contributed by atoms with van der Waals surface area (Å²) in [5.74, 6) is -0.0471. The van der Waals surface area contributed by atoms with Crippen LogP contribution in [0.4, 0.5) is 0 Å². The molecule has 1 heterocycles. The number of hydrogen-bond donors (Lipinski definition) is 1. The number of allylic oxidation sites excluding steroid dienone is 1. The van der Waals surface area contributed by atoms with E-state index in [0.717, 1.165) is 4.90 Å². The first-order valence-electron chi connectivity index (χ1n) is 5.84. The summed E-state index contributed by atoms with van der Waals surface area (Å²) in [5, 5.41) is 0.877. The SMILES string of the molecule is N/C(=C1/Sc2ccccc2C1=O)c1ccc(Cl)c(Cl)c1. The molecule has 0 unspecified atom stereocenters. The van der Waals surface area contributed by atoms with Gasteiger partial charge in [0.2, 0.25) is 5.78 Å². The van der Waals surface area contributed by atoms with Crippen LogP contribution in [0, 0.1) is 0 Å². The largest absolute Gasteiger partial charge is 0.397 e. The number of thioether (sulfide) groups is 1. The maximum absolute atomic E-state index is 12.3. The molecule has 2 aromatic rings. The summed E-state index contributed by atoms with van der Waals surface area (Å²) >= 11 is 13.3. The van der Waals surface area contributed by atoms with Gasteiger partial charge >= 0.3 is 0 Å². The van der Waals surface area contributed by atoms with E-state index in [1.807, 2.05) is 18.2 Å². The molecule has 20 heavy (non-hydrogen) atoms. The van der Waals surface area contributed by atoms with Crippen molar-refractivity contribution in [3.8, 4) is 0 Å². The smallest absolute Gasteiger partial charge is 0.202 e. The number of carbonyl (C=O) groups is 1. The lowest BCUT2D eigenvalue weighted by Gasteiger charge is -2.06. The van der Waals surface area contributed by atoms with E-state index in [1.54, 1.807) is 24.3 Å². The van der Waals surface area contributed by atoms with Crippen LogP contribution < -0.4 is 5.73 Å². The van der Waals surface area contributed by atoms with Crippen molar-refractivity contribution in [1.82, 2.24) is 0 Å². The number of benzene rings is 2. The van der Waals surface area contributed by atoms with Crippen LogP contribution in [-0.2, 0) is 0 Å². The van der Waals surface area contributed by atoms with E-state index in [2.05, 4.69) is 0 Å². The van der Waals surface area contributed by atoms with Crippen molar-refractivity contribution < 1.29 is 4.79 Å². The summed E-state index contributed by atoms with van der Waals surface area (Å²) in [4.78, 5) is 13.8. The van der Waals surface area contributed by atoms with Gasteiger partial charge in [-0.1, -0.05) is 53.2 Å². The molecule has 0 spiro atoms. The zero-order valence-electron chi connectivity index (χ0n) is 10.2. The first-order valence-corrected chi connectivity index (χ1v) is 7.42. The van der Waals surface area contributed by atoms with Gasteiger partial charge in [0.15, 0.2) is 0 Å². The van der Waals surface area contributed by atoms with Crippen molar-refractivity contribution in [2.45, 2.75) is 4.90 Å². The van der Waals surface area contributed by atoms with Gasteiger partial charge in [0.25, 0.3) is 0 Å². The van der Waals surface area contributed by atoms with E-state index < -0.39 is 0 Å². The topological polar surface area (TPSA) is 43.1 Å². The molecule has 0 saturated carbocycles. The molecule has 1 aliphatic rings. The van der Waals surface area contributed by atoms with Crippen LogP contribution >= 0.6 is 35.0 Å². The van der Waals surface area contributed by atoms with Crippen molar-refractivity contribution in [2.24, 2.45) is 5.73 Å². The van der Waals surface area contributed by atoms with Gasteiger partial charge in [-0.3, -0.25) is 4.79 Å². The molecule has 2 N–H and O–H groups in total. The number of ketones is 1. The lowest BCUT2D eigenvalue weighted by atomic mass is 10.1. The van der Waals surface area contributed by atoms with Crippen LogP contribution in [0.3, 0.4) is 0 Å². The maximum Gasteiger partial charge on any atom is 0.202 e. The van der Waals surface area contributed by atoms with Gasteiger partial charge in [-0.05, 0) is 24.3 Å². The van der Waals surface area contributed by atoms with Crippen molar-refractivity contribution in [2.75, 3.05) is 0 Å². The Labute approximate surface area is 130 Å². The molecule has 0 saturated heterocycles. The first-order chi connectivity index (χ1) is 9.58. The number of carbonyl (C=O) groups excluding carboxylic acids is 1. The van der Waals surface area contributed by atoms with Crippen LogP contribution in [0.1, 0.15) is 15.9 Å².